The van der Waals surface area contributed by atoms with Crippen LogP contribution < -0.4 is 4.72 Å². The summed E-state index contributed by atoms with van der Waals surface area (Å²) >= 11 is 0. The number of carbonyl (C=O) groups is 1. The number of nitrogens with one attached hydrogen (secondary N) is 1. The first-order chi connectivity index (χ1) is 10.8. The Kier molecular flexibility index (Phi) is 5.17. The number of aliphatic carboxylic acids is 1. The first-order valence-corrected chi connectivity index (χ1v) is 8.51. The van der Waals surface area contributed by atoms with Crippen LogP contribution in [-0.4, -0.2) is 30.7 Å². The predicted molar refractivity (Wildman–Crippen MR) is 82.5 cm³/mol. The van der Waals surface area contributed by atoms with Gasteiger partial charge in [0.05, 0.1) is 0 Å². The van der Waals surface area contributed by atoms with Gasteiger partial charge in [-0.1, -0.05) is 35.5 Å². The molecule has 0 radical (unpaired) electrons. The maximum Gasteiger partial charge on any atom is 0.321 e. The van der Waals surface area contributed by atoms with Gasteiger partial charge in [-0.05, 0) is 32.3 Å². The van der Waals surface area contributed by atoms with E-state index < -0.39 is 22.0 Å². The van der Waals surface area contributed by atoms with Crippen LogP contribution in [0.2, 0.25) is 0 Å². The number of carboxylic acid groups (broad SMARTS) is 1. The maximum atomic E-state index is 12.4. The Hall–Kier alpha value is -2.19. The number of aryl methyl sites for hydroxylation is 3. The van der Waals surface area contributed by atoms with Crippen molar-refractivity contribution in [3.63, 3.8) is 0 Å². The summed E-state index contributed by atoms with van der Waals surface area (Å²) in [6.45, 7) is 2.96. The molecule has 0 aliphatic heterocycles. The van der Waals surface area contributed by atoms with Crippen molar-refractivity contribution in [1.29, 1.82) is 0 Å². The Morgan fingerprint density at radius 1 is 1.30 bits per heavy atom. The van der Waals surface area contributed by atoms with Crippen molar-refractivity contribution in [3.8, 4) is 0 Å². The van der Waals surface area contributed by atoms with Crippen LogP contribution in [0.15, 0.2) is 39.8 Å². The summed E-state index contributed by atoms with van der Waals surface area (Å²) in [5.74, 6) is -1.10. The molecule has 0 bridgehead atoms. The largest absolute Gasteiger partial charge is 0.480 e. The summed E-state index contributed by atoms with van der Waals surface area (Å²) in [6.07, 6.45) is 0.587. The molecule has 8 heteroatoms. The number of hydrogen-bond donors (Lipinski definition) is 2. The molecule has 0 aliphatic rings. The standard InChI is InChI=1S/C15H18N2O5S/c1-10-14(11(2)22-16-10)23(20,21)17-13(15(18)19)9-8-12-6-4-3-5-7-12/h3-7,13,17H,8-9H2,1-2H3,(H,18,19)/t13-/m0/s1. The highest BCUT2D eigenvalue weighted by molar-refractivity contribution is 7.89. The molecule has 0 amide bonds. The van der Waals surface area contributed by atoms with Gasteiger partial charge < -0.3 is 9.63 Å². The molecule has 0 aliphatic carbocycles. The topological polar surface area (TPSA) is 110 Å². The van der Waals surface area contributed by atoms with Gasteiger partial charge >= 0.3 is 5.97 Å². The lowest BCUT2D eigenvalue weighted by Crippen LogP contribution is -2.41. The number of sulfonamides is 1. The van der Waals surface area contributed by atoms with Crippen LogP contribution in [0.4, 0.5) is 0 Å². The van der Waals surface area contributed by atoms with Crippen molar-refractivity contribution in [2.45, 2.75) is 37.6 Å². The summed E-state index contributed by atoms with van der Waals surface area (Å²) in [5, 5.41) is 12.9. The summed E-state index contributed by atoms with van der Waals surface area (Å²) in [5.41, 5.74) is 1.14. The molecular weight excluding hydrogens is 320 g/mol. The third-order valence-corrected chi connectivity index (χ3v) is 5.11. The molecule has 0 unspecified atom stereocenters. The number of nitrogens with zero attached hydrogens (tertiary/aromatic N) is 1. The summed E-state index contributed by atoms with van der Waals surface area (Å²) in [4.78, 5) is 11.3. The Bertz CT molecular complexity index is 764. The van der Waals surface area contributed by atoms with Gasteiger partial charge in [-0.3, -0.25) is 4.79 Å². The van der Waals surface area contributed by atoms with Crippen molar-refractivity contribution in [1.82, 2.24) is 9.88 Å². The minimum Gasteiger partial charge on any atom is -0.480 e. The highest BCUT2D eigenvalue weighted by Gasteiger charge is 2.29. The molecule has 2 rings (SSSR count). The molecule has 0 saturated carbocycles. The van der Waals surface area contributed by atoms with Crippen molar-refractivity contribution >= 4 is 16.0 Å². The summed E-state index contributed by atoms with van der Waals surface area (Å²) in [6, 6.07) is 8.05. The van der Waals surface area contributed by atoms with Gasteiger partial charge in [0.2, 0.25) is 10.0 Å². The monoisotopic (exact) mass is 338 g/mol. The van der Waals surface area contributed by atoms with Gasteiger partial charge in [-0.25, -0.2) is 8.42 Å². The number of rotatable bonds is 7. The zero-order valence-electron chi connectivity index (χ0n) is 12.8. The molecule has 1 aromatic heterocycles. The molecule has 2 aromatic rings. The minimum atomic E-state index is -4.01. The van der Waals surface area contributed by atoms with Crippen LogP contribution >= 0.6 is 0 Å². The fourth-order valence-electron chi connectivity index (χ4n) is 2.29. The average molecular weight is 338 g/mol. The third-order valence-electron chi connectivity index (χ3n) is 3.40. The van der Waals surface area contributed by atoms with E-state index in [2.05, 4.69) is 9.88 Å². The van der Waals surface area contributed by atoms with Gasteiger partial charge in [-0.15, -0.1) is 0 Å². The second kappa shape index (κ2) is 6.93. The van der Waals surface area contributed by atoms with E-state index in [1.54, 1.807) is 0 Å². The van der Waals surface area contributed by atoms with Crippen molar-refractivity contribution < 1.29 is 22.8 Å². The second-order valence-electron chi connectivity index (χ2n) is 5.19. The van der Waals surface area contributed by atoms with Gasteiger partial charge in [0.25, 0.3) is 0 Å². The quantitative estimate of drug-likeness (QED) is 0.794. The first kappa shape index (κ1) is 17.2. The summed E-state index contributed by atoms with van der Waals surface area (Å²) in [7, 11) is -4.01. The van der Waals surface area contributed by atoms with E-state index in [0.29, 0.717) is 6.42 Å². The number of aromatic nitrogens is 1. The molecular formula is C15H18N2O5S. The lowest BCUT2D eigenvalue weighted by Gasteiger charge is -2.14. The molecule has 0 spiro atoms. The van der Waals surface area contributed by atoms with Crippen LogP contribution in [0.3, 0.4) is 0 Å². The van der Waals surface area contributed by atoms with E-state index in [1.165, 1.54) is 13.8 Å². The SMILES string of the molecule is Cc1noc(C)c1S(=O)(=O)N[C@@H](CCc1ccccc1)C(=O)O. The zero-order chi connectivity index (χ0) is 17.0. The molecule has 1 aromatic carbocycles. The minimum absolute atomic E-state index is 0.108. The molecule has 1 atom stereocenters. The molecule has 124 valence electrons. The van der Waals surface area contributed by atoms with Gasteiger partial charge in [0.15, 0.2) is 5.76 Å². The fourth-order valence-corrected chi connectivity index (χ4v) is 3.85. The van der Waals surface area contributed by atoms with Crippen LogP contribution in [0, 0.1) is 13.8 Å². The van der Waals surface area contributed by atoms with E-state index in [4.69, 9.17) is 4.52 Å². The Labute approximate surface area is 134 Å². The third kappa shape index (κ3) is 4.17. The highest BCUT2D eigenvalue weighted by Crippen LogP contribution is 2.19. The Balaban J connectivity index is 2.14. The Morgan fingerprint density at radius 2 is 1.96 bits per heavy atom. The van der Waals surface area contributed by atoms with E-state index >= 15 is 0 Å². The molecule has 7 nitrogen and oxygen atoms in total. The molecule has 23 heavy (non-hydrogen) atoms. The van der Waals surface area contributed by atoms with Gasteiger partial charge in [0, 0.05) is 0 Å². The molecule has 0 fully saturated rings. The maximum absolute atomic E-state index is 12.4. The molecule has 2 N–H and O–H groups in total. The second-order valence-corrected chi connectivity index (χ2v) is 6.84. The van der Waals surface area contributed by atoms with Crippen LogP contribution in [0.25, 0.3) is 0 Å². The van der Waals surface area contributed by atoms with E-state index in [-0.39, 0.29) is 22.8 Å². The normalized spacial score (nSPS) is 13.0. The molecule has 1 heterocycles. The van der Waals surface area contributed by atoms with Crippen LogP contribution in [0.1, 0.15) is 23.4 Å². The lowest BCUT2D eigenvalue weighted by molar-refractivity contribution is -0.139. The van der Waals surface area contributed by atoms with Gasteiger partial charge in [0.1, 0.15) is 16.6 Å². The number of benzene rings is 1. The average Bonchev–Trinajstić information content (AvgIpc) is 2.84. The highest BCUT2D eigenvalue weighted by atomic mass is 32.2. The van der Waals surface area contributed by atoms with E-state index in [9.17, 15) is 18.3 Å². The fraction of sp³-hybridized carbons (Fsp3) is 0.333. The number of carboxylic acids is 1. The van der Waals surface area contributed by atoms with Crippen molar-refractivity contribution in [2.24, 2.45) is 0 Å². The zero-order valence-corrected chi connectivity index (χ0v) is 13.6. The number of hydrogen-bond acceptors (Lipinski definition) is 5. The smallest absolute Gasteiger partial charge is 0.321 e. The van der Waals surface area contributed by atoms with Gasteiger partial charge in [-0.2, -0.15) is 4.72 Å². The van der Waals surface area contributed by atoms with Crippen LogP contribution in [-0.2, 0) is 21.2 Å². The van der Waals surface area contributed by atoms with Crippen molar-refractivity contribution in [2.75, 3.05) is 0 Å². The lowest BCUT2D eigenvalue weighted by atomic mass is 10.1. The predicted octanol–water partition coefficient (Wildman–Crippen LogP) is 1.66. The first-order valence-electron chi connectivity index (χ1n) is 7.03. The van der Waals surface area contributed by atoms with Crippen LogP contribution in [0.5, 0.6) is 0 Å². The van der Waals surface area contributed by atoms with E-state index in [1.807, 2.05) is 30.3 Å². The van der Waals surface area contributed by atoms with E-state index in [0.717, 1.165) is 5.56 Å². The Morgan fingerprint density at radius 3 is 2.48 bits per heavy atom. The molecule has 0 saturated heterocycles. The summed E-state index contributed by atoms with van der Waals surface area (Å²) < 4.78 is 31.8. The van der Waals surface area contributed by atoms with Crippen molar-refractivity contribution in [3.05, 3.63) is 47.3 Å².